The predicted octanol–water partition coefficient (Wildman–Crippen LogP) is 3.34. The van der Waals surface area contributed by atoms with Gasteiger partial charge in [0.05, 0.1) is 0 Å². The van der Waals surface area contributed by atoms with E-state index in [0.717, 1.165) is 6.04 Å². The highest BCUT2D eigenvalue weighted by molar-refractivity contribution is 6.93. The van der Waals surface area contributed by atoms with E-state index in [9.17, 15) is 0 Å². The van der Waals surface area contributed by atoms with Crippen LogP contribution < -0.4 is 0 Å². The van der Waals surface area contributed by atoms with Gasteiger partial charge in [0.2, 0.25) is 0 Å². The minimum Gasteiger partial charge on any atom is -0.171 e. The zero-order chi connectivity index (χ0) is 9.90. The molecule has 0 nitrogen and oxygen atoms in total. The van der Waals surface area contributed by atoms with Crippen molar-refractivity contribution in [2.24, 2.45) is 0 Å². The summed E-state index contributed by atoms with van der Waals surface area (Å²) in [5.74, 6) is 0. The van der Waals surface area contributed by atoms with Gasteiger partial charge in [-0.15, -0.1) is 0 Å². The van der Waals surface area contributed by atoms with Crippen molar-refractivity contribution in [3.05, 3.63) is 35.4 Å². The molecule has 1 aromatic carbocycles. The molecule has 0 unspecified atom stereocenters. The van der Waals surface area contributed by atoms with Gasteiger partial charge in [0, 0.05) is 0 Å². The molecule has 0 fully saturated rings. The fraction of sp³-hybridized carbons (Fsp3) is 0.455. The minimum atomic E-state index is 0.229. The van der Waals surface area contributed by atoms with Gasteiger partial charge in [0.25, 0.3) is 0 Å². The summed E-state index contributed by atoms with van der Waals surface area (Å²) >= 11 is 5.79. The first-order valence-corrected chi connectivity index (χ1v) is 6.69. The lowest BCUT2D eigenvalue weighted by atomic mass is 9.84. The van der Waals surface area contributed by atoms with E-state index in [-0.39, 0.29) is 5.41 Å². The zero-order valence-corrected chi connectivity index (χ0v) is 10.2. The summed E-state index contributed by atoms with van der Waals surface area (Å²) in [6.07, 6.45) is 0. The van der Waals surface area contributed by atoms with Crippen molar-refractivity contribution in [2.45, 2.75) is 32.2 Å². The van der Waals surface area contributed by atoms with Gasteiger partial charge in [-0.3, -0.25) is 0 Å². The molecule has 2 heteroatoms. The first-order valence-electron chi connectivity index (χ1n) is 4.47. The van der Waals surface area contributed by atoms with Gasteiger partial charge < -0.3 is 0 Å². The second-order valence-electron chi connectivity index (χ2n) is 4.22. The van der Waals surface area contributed by atoms with E-state index < -0.39 is 0 Å². The molecular weight excluding hydrogens is 196 g/mol. The van der Waals surface area contributed by atoms with E-state index in [4.69, 9.17) is 11.1 Å². The van der Waals surface area contributed by atoms with Crippen LogP contribution in [0, 0.1) is 0 Å². The number of hydrogen-bond acceptors (Lipinski definition) is 0. The maximum absolute atomic E-state index is 5.79. The molecule has 0 saturated heterocycles. The third-order valence-corrected chi connectivity index (χ3v) is 3.00. The molecule has 0 N–H and O–H groups in total. The third kappa shape index (κ3) is 2.85. The molecule has 2 radical (unpaired) electrons. The topological polar surface area (TPSA) is 0 Å². The Morgan fingerprint density at radius 1 is 1.23 bits per heavy atom. The second kappa shape index (κ2) is 4.29. The van der Waals surface area contributed by atoms with Gasteiger partial charge in [0.1, 0.15) is 0 Å². The summed E-state index contributed by atoms with van der Waals surface area (Å²) in [7, 11) is 0.483. The van der Waals surface area contributed by atoms with Crippen LogP contribution in [0.2, 0.25) is 0 Å². The molecule has 0 aliphatic carbocycles. The summed E-state index contributed by atoms with van der Waals surface area (Å²) in [5, 5.41) is 0. The van der Waals surface area contributed by atoms with Crippen molar-refractivity contribution in [3.8, 4) is 0 Å². The van der Waals surface area contributed by atoms with Crippen LogP contribution in [-0.4, -0.2) is 8.83 Å². The number of rotatable bonds is 2. The van der Waals surface area contributed by atoms with E-state index in [1.807, 2.05) is 0 Å². The monoisotopic (exact) mass is 210 g/mol. The summed E-state index contributed by atoms with van der Waals surface area (Å²) in [6.45, 7) is 6.72. The van der Waals surface area contributed by atoms with Crippen LogP contribution in [0.3, 0.4) is 0 Å². The van der Waals surface area contributed by atoms with Crippen LogP contribution in [0.5, 0.6) is 0 Å². The zero-order valence-electron chi connectivity index (χ0n) is 8.39. The SMILES string of the molecule is CC(C)(C)c1ccccc1C[Si]Cl. The lowest BCUT2D eigenvalue weighted by Crippen LogP contribution is -2.14. The fourth-order valence-corrected chi connectivity index (χ4v) is 2.36. The average molecular weight is 211 g/mol. The summed E-state index contributed by atoms with van der Waals surface area (Å²) in [6, 6.07) is 9.56. The van der Waals surface area contributed by atoms with Gasteiger partial charge in [-0.25, -0.2) is 0 Å². The smallest absolute Gasteiger partial charge is 0.171 e. The van der Waals surface area contributed by atoms with Crippen LogP contribution in [0.4, 0.5) is 0 Å². The molecule has 0 aliphatic heterocycles. The van der Waals surface area contributed by atoms with Crippen LogP contribution in [0.15, 0.2) is 24.3 Å². The Morgan fingerprint density at radius 3 is 2.38 bits per heavy atom. The Morgan fingerprint density at radius 2 is 1.85 bits per heavy atom. The molecule has 70 valence electrons. The van der Waals surface area contributed by atoms with Gasteiger partial charge in [-0.1, -0.05) is 45.0 Å². The number of benzene rings is 1. The van der Waals surface area contributed by atoms with Crippen molar-refractivity contribution in [2.75, 3.05) is 0 Å². The highest BCUT2D eigenvalue weighted by Gasteiger charge is 2.16. The molecular formula is C11H15ClSi. The number of halogens is 1. The molecule has 0 amide bonds. The Balaban J connectivity index is 3.05. The minimum absolute atomic E-state index is 0.229. The van der Waals surface area contributed by atoms with E-state index in [1.54, 1.807) is 0 Å². The standard InChI is InChI=1S/C11H15ClSi/c1-11(2,3)10-7-5-4-6-9(10)8-13-12/h4-7H,8H2,1-3H3. The molecule has 13 heavy (non-hydrogen) atoms. The van der Waals surface area contributed by atoms with Crippen molar-refractivity contribution in [3.63, 3.8) is 0 Å². The Hall–Kier alpha value is -0.273. The Labute approximate surface area is 87.8 Å². The van der Waals surface area contributed by atoms with Crippen LogP contribution in [-0.2, 0) is 11.5 Å². The van der Waals surface area contributed by atoms with Crippen molar-refractivity contribution < 1.29 is 0 Å². The van der Waals surface area contributed by atoms with Crippen LogP contribution in [0.25, 0.3) is 0 Å². The molecule has 0 spiro atoms. The quantitative estimate of drug-likeness (QED) is 0.519. The summed E-state index contributed by atoms with van der Waals surface area (Å²) in [4.78, 5) is 0. The maximum atomic E-state index is 5.79. The molecule has 1 rings (SSSR count). The van der Waals surface area contributed by atoms with Crippen molar-refractivity contribution >= 4 is 19.9 Å². The lowest BCUT2D eigenvalue weighted by Gasteiger charge is -2.22. The molecule has 0 aromatic heterocycles. The molecule has 0 aliphatic rings. The molecule has 0 atom stereocenters. The predicted molar refractivity (Wildman–Crippen MR) is 60.5 cm³/mol. The fourth-order valence-electron chi connectivity index (χ4n) is 1.48. The number of hydrogen-bond donors (Lipinski definition) is 0. The van der Waals surface area contributed by atoms with E-state index in [2.05, 4.69) is 45.0 Å². The first-order chi connectivity index (χ1) is 6.05. The molecule has 0 saturated carbocycles. The van der Waals surface area contributed by atoms with E-state index in [0.29, 0.717) is 8.83 Å². The van der Waals surface area contributed by atoms with E-state index >= 15 is 0 Å². The lowest BCUT2D eigenvalue weighted by molar-refractivity contribution is 0.585. The molecule has 0 bridgehead atoms. The largest absolute Gasteiger partial charge is 0.176 e. The highest BCUT2D eigenvalue weighted by Crippen LogP contribution is 2.25. The van der Waals surface area contributed by atoms with E-state index in [1.165, 1.54) is 11.1 Å². The first kappa shape index (κ1) is 10.8. The Bertz CT molecular complexity index is 276. The summed E-state index contributed by atoms with van der Waals surface area (Å²) in [5.41, 5.74) is 3.04. The average Bonchev–Trinajstić information content (AvgIpc) is 2.04. The highest BCUT2D eigenvalue weighted by atomic mass is 35.6. The van der Waals surface area contributed by atoms with Crippen LogP contribution in [0.1, 0.15) is 31.9 Å². The third-order valence-electron chi connectivity index (χ3n) is 2.08. The second-order valence-corrected chi connectivity index (χ2v) is 5.64. The normalized spacial score (nSPS) is 11.7. The van der Waals surface area contributed by atoms with Crippen molar-refractivity contribution in [1.29, 1.82) is 0 Å². The molecule has 0 heterocycles. The van der Waals surface area contributed by atoms with Gasteiger partial charge in [-0.05, 0) is 22.6 Å². The summed E-state index contributed by atoms with van der Waals surface area (Å²) < 4.78 is 0. The van der Waals surface area contributed by atoms with Gasteiger partial charge >= 0.3 is 0 Å². The van der Waals surface area contributed by atoms with Crippen LogP contribution >= 0.6 is 11.1 Å². The van der Waals surface area contributed by atoms with Gasteiger partial charge in [0.15, 0.2) is 8.83 Å². The molecule has 1 aromatic rings. The van der Waals surface area contributed by atoms with Crippen molar-refractivity contribution in [1.82, 2.24) is 0 Å². The van der Waals surface area contributed by atoms with Gasteiger partial charge in [-0.2, -0.15) is 11.1 Å². The Kier molecular flexibility index (Phi) is 3.57. The maximum Gasteiger partial charge on any atom is 0.176 e.